The first-order chi connectivity index (χ1) is 14.7. The smallest absolute Gasteiger partial charge is 0.283 e. The summed E-state index contributed by atoms with van der Waals surface area (Å²) in [5.74, 6) is 0.463. The number of carbonyl (C=O) groups excluding carboxylic acids is 2. The van der Waals surface area contributed by atoms with Crippen LogP contribution in [0.2, 0.25) is 0 Å². The minimum atomic E-state index is -0.517. The van der Waals surface area contributed by atoms with Crippen LogP contribution in [0, 0.1) is 20.2 Å². The van der Waals surface area contributed by atoms with Crippen LogP contribution in [0.3, 0.4) is 0 Å². The Kier molecular flexibility index (Phi) is 9.16. The molecule has 0 heterocycles. The number of hydrogen-bond acceptors (Lipinski definition) is 9. The molecule has 0 amide bonds. The van der Waals surface area contributed by atoms with Gasteiger partial charge in [-0.15, -0.1) is 23.5 Å². The second-order valence-corrected chi connectivity index (χ2v) is 8.57. The molecule has 9 nitrogen and oxygen atoms in total. The van der Waals surface area contributed by atoms with Crippen molar-refractivity contribution >= 4 is 46.5 Å². The standard InChI is InChI=1S/C20H20N2O7S2/c1-13(23)15-3-5-19(17(11-15)21(25)26)30-9-7-29-8-10-31-20-6-4-16(14(2)24)12-18(20)22(27)28/h3-6,11-12H,7-10H2,1-2H3. The van der Waals surface area contributed by atoms with Crippen molar-refractivity contribution in [3.05, 3.63) is 67.8 Å². The first kappa shape index (κ1) is 24.5. The predicted octanol–water partition coefficient (Wildman–Crippen LogP) is 4.81. The zero-order chi connectivity index (χ0) is 23.0. The summed E-state index contributed by atoms with van der Waals surface area (Å²) in [6.45, 7) is 3.37. The van der Waals surface area contributed by atoms with E-state index < -0.39 is 9.85 Å². The zero-order valence-corrected chi connectivity index (χ0v) is 18.5. The van der Waals surface area contributed by atoms with E-state index in [9.17, 15) is 29.8 Å². The third kappa shape index (κ3) is 7.16. The van der Waals surface area contributed by atoms with Crippen molar-refractivity contribution < 1.29 is 24.2 Å². The van der Waals surface area contributed by atoms with Crippen LogP contribution in [0.1, 0.15) is 34.6 Å². The number of nitrogens with zero attached hydrogens (tertiary/aromatic N) is 2. The quantitative estimate of drug-likeness (QED) is 0.143. The lowest BCUT2D eigenvalue weighted by Gasteiger charge is -2.07. The molecule has 0 unspecified atom stereocenters. The molecule has 0 aromatic heterocycles. The topological polar surface area (TPSA) is 130 Å². The molecule has 2 rings (SSSR count). The van der Waals surface area contributed by atoms with Gasteiger partial charge in [0.25, 0.3) is 11.4 Å². The number of Topliss-reactive ketones (excluding diaryl/α,β-unsaturated/α-hetero) is 2. The Hall–Kier alpha value is -2.76. The summed E-state index contributed by atoms with van der Waals surface area (Å²) < 4.78 is 5.51. The lowest BCUT2D eigenvalue weighted by atomic mass is 10.1. The lowest BCUT2D eigenvalue weighted by molar-refractivity contribution is -0.387. The number of benzene rings is 2. The molecule has 0 fully saturated rings. The number of hydrogen-bond donors (Lipinski definition) is 0. The summed E-state index contributed by atoms with van der Waals surface area (Å²) in [6.07, 6.45) is 0. The van der Waals surface area contributed by atoms with E-state index in [0.29, 0.717) is 34.5 Å². The Balaban J connectivity index is 1.81. The van der Waals surface area contributed by atoms with Crippen LogP contribution in [0.5, 0.6) is 0 Å². The van der Waals surface area contributed by atoms with Crippen molar-refractivity contribution in [2.45, 2.75) is 23.6 Å². The molecule has 2 aromatic rings. The number of ether oxygens (including phenoxy) is 1. The van der Waals surface area contributed by atoms with Crippen molar-refractivity contribution in [3.63, 3.8) is 0 Å². The molecule has 0 bridgehead atoms. The third-order valence-corrected chi connectivity index (χ3v) is 6.15. The molecule has 11 heteroatoms. The molecule has 31 heavy (non-hydrogen) atoms. The fraction of sp³-hybridized carbons (Fsp3) is 0.300. The highest BCUT2D eigenvalue weighted by molar-refractivity contribution is 7.99. The first-order valence-corrected chi connectivity index (χ1v) is 11.1. The molecular weight excluding hydrogens is 444 g/mol. The highest BCUT2D eigenvalue weighted by Crippen LogP contribution is 2.31. The fourth-order valence-corrected chi connectivity index (χ4v) is 4.26. The Labute approximate surface area is 186 Å². The van der Waals surface area contributed by atoms with E-state index in [-0.39, 0.29) is 34.1 Å². The number of rotatable bonds is 12. The second kappa shape index (κ2) is 11.6. The summed E-state index contributed by atoms with van der Waals surface area (Å²) in [4.78, 5) is 45.1. The molecule has 0 saturated heterocycles. The normalized spacial score (nSPS) is 10.6. The van der Waals surface area contributed by atoms with Crippen molar-refractivity contribution in [1.82, 2.24) is 0 Å². The summed E-state index contributed by atoms with van der Waals surface area (Å²) in [6, 6.07) is 8.76. The van der Waals surface area contributed by atoms with Gasteiger partial charge in [0, 0.05) is 34.8 Å². The molecule has 164 valence electrons. The van der Waals surface area contributed by atoms with Gasteiger partial charge in [-0.2, -0.15) is 0 Å². The third-order valence-electron chi connectivity index (χ3n) is 4.09. The second-order valence-electron chi connectivity index (χ2n) is 6.30. The number of nitro benzene ring substituents is 2. The van der Waals surface area contributed by atoms with Crippen molar-refractivity contribution in [1.29, 1.82) is 0 Å². The predicted molar refractivity (Wildman–Crippen MR) is 118 cm³/mol. The van der Waals surface area contributed by atoms with Gasteiger partial charge in [0.1, 0.15) is 0 Å². The fourth-order valence-electron chi connectivity index (χ4n) is 2.53. The van der Waals surface area contributed by atoms with E-state index in [0.717, 1.165) is 0 Å². The summed E-state index contributed by atoms with van der Waals surface area (Å²) in [5, 5.41) is 22.4. The molecule has 2 aromatic carbocycles. The molecule has 0 aliphatic carbocycles. The van der Waals surface area contributed by atoms with Crippen molar-refractivity contribution in [3.8, 4) is 0 Å². The maximum atomic E-state index is 11.4. The number of carbonyl (C=O) groups is 2. The molecular formula is C20H20N2O7S2. The van der Waals surface area contributed by atoms with Gasteiger partial charge in [-0.1, -0.05) is 0 Å². The van der Waals surface area contributed by atoms with Gasteiger partial charge in [0.05, 0.1) is 32.9 Å². The summed E-state index contributed by atoms with van der Waals surface area (Å²) >= 11 is 2.51. The minimum absolute atomic E-state index is 0.116. The van der Waals surface area contributed by atoms with Gasteiger partial charge in [-0.25, -0.2) is 0 Å². The summed E-state index contributed by atoms with van der Waals surface area (Å²) in [5.41, 5.74) is 0.341. The number of thioether (sulfide) groups is 2. The van der Waals surface area contributed by atoms with E-state index in [2.05, 4.69) is 0 Å². The molecule has 0 spiro atoms. The molecule has 0 radical (unpaired) electrons. The van der Waals surface area contributed by atoms with Gasteiger partial charge in [-0.05, 0) is 38.1 Å². The van der Waals surface area contributed by atoms with Gasteiger partial charge in [-0.3, -0.25) is 29.8 Å². The van der Waals surface area contributed by atoms with Crippen LogP contribution >= 0.6 is 23.5 Å². The van der Waals surface area contributed by atoms with E-state index in [1.165, 1.54) is 49.5 Å². The maximum Gasteiger partial charge on any atom is 0.283 e. The van der Waals surface area contributed by atoms with Gasteiger partial charge in [0.15, 0.2) is 11.6 Å². The van der Waals surface area contributed by atoms with Gasteiger partial charge >= 0.3 is 0 Å². The van der Waals surface area contributed by atoms with E-state index in [1.54, 1.807) is 24.3 Å². The Morgan fingerprint density at radius 2 is 1.19 bits per heavy atom. The van der Waals surface area contributed by atoms with Crippen LogP contribution < -0.4 is 0 Å². The van der Waals surface area contributed by atoms with Crippen molar-refractivity contribution in [2.24, 2.45) is 0 Å². The first-order valence-electron chi connectivity index (χ1n) is 9.12. The van der Waals surface area contributed by atoms with E-state index in [4.69, 9.17) is 4.74 Å². The highest BCUT2D eigenvalue weighted by atomic mass is 32.2. The molecule has 0 saturated carbocycles. The highest BCUT2D eigenvalue weighted by Gasteiger charge is 2.17. The van der Waals surface area contributed by atoms with Crippen LogP contribution in [0.15, 0.2) is 46.2 Å². The largest absolute Gasteiger partial charge is 0.380 e. The number of ketones is 2. The monoisotopic (exact) mass is 464 g/mol. The Bertz CT molecular complexity index is 932. The van der Waals surface area contributed by atoms with Crippen LogP contribution in [-0.4, -0.2) is 46.1 Å². The lowest BCUT2D eigenvalue weighted by Crippen LogP contribution is -2.03. The molecule has 0 aliphatic rings. The number of nitro groups is 2. The Morgan fingerprint density at radius 1 is 0.806 bits per heavy atom. The SMILES string of the molecule is CC(=O)c1ccc(SCCOCCSc2ccc(C(C)=O)cc2[N+](=O)[O-])c([N+](=O)[O-])c1. The molecule has 0 atom stereocenters. The Morgan fingerprint density at radius 3 is 1.52 bits per heavy atom. The van der Waals surface area contributed by atoms with E-state index in [1.807, 2.05) is 0 Å². The van der Waals surface area contributed by atoms with Crippen LogP contribution in [0.25, 0.3) is 0 Å². The summed E-state index contributed by atoms with van der Waals surface area (Å²) in [7, 11) is 0. The average molecular weight is 465 g/mol. The molecule has 0 N–H and O–H groups in total. The van der Waals surface area contributed by atoms with Gasteiger partial charge < -0.3 is 4.74 Å². The van der Waals surface area contributed by atoms with Crippen molar-refractivity contribution in [2.75, 3.05) is 24.7 Å². The van der Waals surface area contributed by atoms with Crippen LogP contribution in [0.4, 0.5) is 11.4 Å². The average Bonchev–Trinajstić information content (AvgIpc) is 2.72. The molecule has 0 aliphatic heterocycles. The van der Waals surface area contributed by atoms with E-state index >= 15 is 0 Å². The zero-order valence-electron chi connectivity index (χ0n) is 16.9. The minimum Gasteiger partial charge on any atom is -0.380 e. The van der Waals surface area contributed by atoms with Crippen LogP contribution in [-0.2, 0) is 4.74 Å². The van der Waals surface area contributed by atoms with Gasteiger partial charge in [0.2, 0.25) is 0 Å². The maximum absolute atomic E-state index is 11.4.